The van der Waals surface area contributed by atoms with Gasteiger partial charge in [0.05, 0.1) is 23.6 Å². The van der Waals surface area contributed by atoms with Gasteiger partial charge in [-0.15, -0.1) is 5.10 Å². The molecule has 0 unspecified atom stereocenters. The number of rotatable bonds is 2. The molecule has 0 bridgehead atoms. The summed E-state index contributed by atoms with van der Waals surface area (Å²) in [6.07, 6.45) is -1.44. The molecule has 0 aliphatic carbocycles. The molecule has 18 heavy (non-hydrogen) atoms. The maximum Gasteiger partial charge on any atom is 0.416 e. The lowest BCUT2D eigenvalue weighted by Gasteiger charge is -2.16. The third-order valence-electron chi connectivity index (χ3n) is 2.65. The van der Waals surface area contributed by atoms with E-state index < -0.39 is 11.7 Å². The first-order chi connectivity index (χ1) is 8.39. The maximum atomic E-state index is 13.0. The van der Waals surface area contributed by atoms with Gasteiger partial charge in [0.1, 0.15) is 0 Å². The number of aromatic nitrogens is 3. The molecule has 6 heteroatoms. The standard InChI is InChI=1S/C12H12F3N3/c1-8(2)10-4-3-9(18-6-5-16-17-18)7-11(10)12(13,14)15/h3-8H,1-2H3. The Bertz CT molecular complexity index is 530. The molecule has 1 aromatic heterocycles. The first-order valence-electron chi connectivity index (χ1n) is 5.47. The number of halogens is 3. The molecule has 0 radical (unpaired) electrons. The summed E-state index contributed by atoms with van der Waals surface area (Å²) in [5, 5.41) is 7.26. The van der Waals surface area contributed by atoms with E-state index in [1.807, 2.05) is 0 Å². The molecular weight excluding hydrogens is 243 g/mol. The summed E-state index contributed by atoms with van der Waals surface area (Å²) in [6.45, 7) is 3.47. The quantitative estimate of drug-likeness (QED) is 0.823. The van der Waals surface area contributed by atoms with E-state index in [9.17, 15) is 13.2 Å². The molecule has 0 saturated carbocycles. The van der Waals surface area contributed by atoms with Gasteiger partial charge in [-0.25, -0.2) is 4.68 Å². The molecule has 0 aliphatic heterocycles. The van der Waals surface area contributed by atoms with Crippen LogP contribution in [-0.2, 0) is 6.18 Å². The number of alkyl halides is 3. The highest BCUT2D eigenvalue weighted by atomic mass is 19.4. The predicted molar refractivity (Wildman–Crippen MR) is 60.5 cm³/mol. The van der Waals surface area contributed by atoms with E-state index in [0.717, 1.165) is 6.07 Å². The third kappa shape index (κ3) is 2.37. The second-order valence-corrected chi connectivity index (χ2v) is 4.27. The van der Waals surface area contributed by atoms with Gasteiger partial charge in [0.15, 0.2) is 0 Å². The van der Waals surface area contributed by atoms with Crippen molar-refractivity contribution >= 4 is 0 Å². The fourth-order valence-electron chi connectivity index (χ4n) is 1.78. The van der Waals surface area contributed by atoms with Gasteiger partial charge < -0.3 is 0 Å². The summed E-state index contributed by atoms with van der Waals surface area (Å²) >= 11 is 0. The molecule has 0 atom stereocenters. The zero-order chi connectivity index (χ0) is 13.3. The van der Waals surface area contributed by atoms with Crippen molar-refractivity contribution in [3.8, 4) is 5.69 Å². The van der Waals surface area contributed by atoms with Crippen molar-refractivity contribution in [2.45, 2.75) is 25.9 Å². The molecule has 0 aliphatic rings. The third-order valence-corrected chi connectivity index (χ3v) is 2.65. The van der Waals surface area contributed by atoms with Crippen molar-refractivity contribution in [3.63, 3.8) is 0 Å². The van der Waals surface area contributed by atoms with Crippen LogP contribution in [0.3, 0.4) is 0 Å². The normalized spacial score (nSPS) is 12.1. The molecule has 96 valence electrons. The first kappa shape index (κ1) is 12.6. The summed E-state index contributed by atoms with van der Waals surface area (Å²) in [5.74, 6) is -0.188. The summed E-state index contributed by atoms with van der Waals surface area (Å²) in [6, 6.07) is 4.20. The van der Waals surface area contributed by atoms with Crippen LogP contribution in [0.2, 0.25) is 0 Å². The number of nitrogens with zero attached hydrogens (tertiary/aromatic N) is 3. The zero-order valence-corrected chi connectivity index (χ0v) is 9.94. The Hall–Kier alpha value is -1.85. The Labute approximate surface area is 102 Å². The summed E-state index contributed by atoms with van der Waals surface area (Å²) in [4.78, 5) is 0. The lowest BCUT2D eigenvalue weighted by molar-refractivity contribution is -0.138. The predicted octanol–water partition coefficient (Wildman–Crippen LogP) is 3.41. The average Bonchev–Trinajstić information content (AvgIpc) is 2.80. The molecular formula is C12H12F3N3. The average molecular weight is 255 g/mol. The van der Waals surface area contributed by atoms with Gasteiger partial charge >= 0.3 is 6.18 Å². The van der Waals surface area contributed by atoms with Crippen LogP contribution in [0.4, 0.5) is 13.2 Å². The van der Waals surface area contributed by atoms with Gasteiger partial charge in [-0.2, -0.15) is 13.2 Å². The highest BCUT2D eigenvalue weighted by Gasteiger charge is 2.34. The Morgan fingerprint density at radius 2 is 1.94 bits per heavy atom. The molecule has 0 spiro atoms. The molecule has 2 aromatic rings. The second kappa shape index (κ2) is 4.44. The summed E-state index contributed by atoms with van der Waals surface area (Å²) in [5.41, 5.74) is 0.0149. The van der Waals surface area contributed by atoms with Gasteiger partial charge in [0.25, 0.3) is 0 Å². The van der Waals surface area contributed by atoms with Gasteiger partial charge in [0.2, 0.25) is 0 Å². The molecule has 0 saturated heterocycles. The molecule has 3 nitrogen and oxygen atoms in total. The lowest BCUT2D eigenvalue weighted by Crippen LogP contribution is -2.11. The Morgan fingerprint density at radius 3 is 2.44 bits per heavy atom. The van der Waals surface area contributed by atoms with Crippen LogP contribution in [0, 0.1) is 0 Å². The summed E-state index contributed by atoms with van der Waals surface area (Å²) in [7, 11) is 0. The van der Waals surface area contributed by atoms with Crippen molar-refractivity contribution < 1.29 is 13.2 Å². The molecule has 0 fully saturated rings. The Balaban J connectivity index is 2.56. The van der Waals surface area contributed by atoms with E-state index >= 15 is 0 Å². The highest BCUT2D eigenvalue weighted by molar-refractivity contribution is 5.42. The van der Waals surface area contributed by atoms with Crippen LogP contribution < -0.4 is 0 Å². The van der Waals surface area contributed by atoms with Gasteiger partial charge in [-0.3, -0.25) is 0 Å². The highest BCUT2D eigenvalue weighted by Crippen LogP contribution is 2.36. The van der Waals surface area contributed by atoms with E-state index in [4.69, 9.17) is 0 Å². The van der Waals surface area contributed by atoms with Crippen LogP contribution in [0.15, 0.2) is 30.6 Å². The maximum absolute atomic E-state index is 13.0. The Morgan fingerprint density at radius 1 is 1.22 bits per heavy atom. The monoisotopic (exact) mass is 255 g/mol. The minimum Gasteiger partial charge on any atom is -0.221 e. The molecule has 1 aromatic carbocycles. The molecule has 0 amide bonds. The fourth-order valence-corrected chi connectivity index (χ4v) is 1.78. The van der Waals surface area contributed by atoms with Crippen LogP contribution in [-0.4, -0.2) is 15.0 Å². The lowest BCUT2D eigenvalue weighted by atomic mass is 9.96. The van der Waals surface area contributed by atoms with Crippen LogP contribution >= 0.6 is 0 Å². The topological polar surface area (TPSA) is 30.7 Å². The Kier molecular flexibility index (Phi) is 3.11. The minimum atomic E-state index is -4.36. The first-order valence-corrected chi connectivity index (χ1v) is 5.47. The number of hydrogen-bond acceptors (Lipinski definition) is 2. The fraction of sp³-hybridized carbons (Fsp3) is 0.333. The van der Waals surface area contributed by atoms with Crippen molar-refractivity contribution in [2.75, 3.05) is 0 Å². The number of hydrogen-bond donors (Lipinski definition) is 0. The molecule has 1 heterocycles. The van der Waals surface area contributed by atoms with Crippen molar-refractivity contribution in [1.82, 2.24) is 15.0 Å². The smallest absolute Gasteiger partial charge is 0.221 e. The largest absolute Gasteiger partial charge is 0.416 e. The SMILES string of the molecule is CC(C)c1ccc(-n2ccnn2)cc1C(F)(F)F. The van der Waals surface area contributed by atoms with E-state index in [1.165, 1.54) is 23.1 Å². The van der Waals surface area contributed by atoms with E-state index in [1.54, 1.807) is 19.9 Å². The van der Waals surface area contributed by atoms with Crippen molar-refractivity contribution in [2.24, 2.45) is 0 Å². The van der Waals surface area contributed by atoms with Crippen molar-refractivity contribution in [1.29, 1.82) is 0 Å². The van der Waals surface area contributed by atoms with Gasteiger partial charge in [-0.05, 0) is 23.6 Å². The summed E-state index contributed by atoms with van der Waals surface area (Å²) < 4.78 is 40.3. The van der Waals surface area contributed by atoms with Gasteiger partial charge in [-0.1, -0.05) is 25.1 Å². The van der Waals surface area contributed by atoms with E-state index in [0.29, 0.717) is 5.69 Å². The molecule has 0 N–H and O–H groups in total. The van der Waals surface area contributed by atoms with Crippen LogP contribution in [0.25, 0.3) is 5.69 Å². The van der Waals surface area contributed by atoms with Crippen LogP contribution in [0.1, 0.15) is 30.9 Å². The minimum absolute atomic E-state index is 0.188. The molecule has 2 rings (SSSR count). The number of benzene rings is 1. The van der Waals surface area contributed by atoms with E-state index in [2.05, 4.69) is 10.3 Å². The van der Waals surface area contributed by atoms with E-state index in [-0.39, 0.29) is 11.5 Å². The van der Waals surface area contributed by atoms with Crippen LogP contribution in [0.5, 0.6) is 0 Å². The zero-order valence-electron chi connectivity index (χ0n) is 9.94. The second-order valence-electron chi connectivity index (χ2n) is 4.27. The van der Waals surface area contributed by atoms with Gasteiger partial charge in [0, 0.05) is 0 Å². The van der Waals surface area contributed by atoms with Crippen molar-refractivity contribution in [3.05, 3.63) is 41.7 Å².